The zero-order valence-electron chi connectivity index (χ0n) is 12.3. The molecule has 1 heterocycles. The lowest BCUT2D eigenvalue weighted by Crippen LogP contribution is -2.25. The third kappa shape index (κ3) is 3.58. The quantitative estimate of drug-likeness (QED) is 0.871. The minimum absolute atomic E-state index is 0.320. The van der Waals surface area contributed by atoms with E-state index < -0.39 is 0 Å². The van der Waals surface area contributed by atoms with Gasteiger partial charge in [-0.2, -0.15) is 0 Å². The fourth-order valence-corrected chi connectivity index (χ4v) is 2.36. The standard InChI is InChI=1S/C17H22N2O/c1-13(2)16(14-8-5-4-6-9-14)19-12-15-10-7-11-18-17(15)20-3/h4-11,13,16,19H,12H2,1-3H3. The number of hydrogen-bond acceptors (Lipinski definition) is 3. The normalized spacial score (nSPS) is 12.4. The summed E-state index contributed by atoms with van der Waals surface area (Å²) in [6, 6.07) is 14.8. The Morgan fingerprint density at radius 1 is 1.10 bits per heavy atom. The zero-order valence-corrected chi connectivity index (χ0v) is 12.3. The summed E-state index contributed by atoms with van der Waals surface area (Å²) in [4.78, 5) is 4.23. The lowest BCUT2D eigenvalue weighted by Gasteiger charge is -2.23. The first-order chi connectivity index (χ1) is 9.72. The SMILES string of the molecule is COc1ncccc1CNC(c1ccccc1)C(C)C. The molecule has 0 radical (unpaired) electrons. The number of hydrogen-bond donors (Lipinski definition) is 1. The third-order valence-electron chi connectivity index (χ3n) is 3.38. The molecule has 0 aliphatic carbocycles. The van der Waals surface area contributed by atoms with Crippen LogP contribution in [-0.2, 0) is 6.54 Å². The fourth-order valence-electron chi connectivity index (χ4n) is 2.36. The molecule has 3 nitrogen and oxygen atoms in total. The second kappa shape index (κ2) is 7.06. The average Bonchev–Trinajstić information content (AvgIpc) is 2.48. The van der Waals surface area contributed by atoms with Crippen LogP contribution >= 0.6 is 0 Å². The van der Waals surface area contributed by atoms with Crippen LogP contribution in [0.15, 0.2) is 48.7 Å². The van der Waals surface area contributed by atoms with E-state index in [4.69, 9.17) is 4.74 Å². The molecule has 0 bridgehead atoms. The first-order valence-electron chi connectivity index (χ1n) is 6.98. The molecule has 0 spiro atoms. The molecule has 1 atom stereocenters. The molecular formula is C17H22N2O. The Hall–Kier alpha value is -1.87. The molecule has 1 aromatic heterocycles. The summed E-state index contributed by atoms with van der Waals surface area (Å²) >= 11 is 0. The van der Waals surface area contributed by atoms with Crippen LogP contribution in [0.5, 0.6) is 5.88 Å². The van der Waals surface area contributed by atoms with E-state index in [1.54, 1.807) is 13.3 Å². The van der Waals surface area contributed by atoms with Gasteiger partial charge in [-0.1, -0.05) is 50.2 Å². The van der Waals surface area contributed by atoms with Crippen molar-refractivity contribution in [1.29, 1.82) is 0 Å². The van der Waals surface area contributed by atoms with Gasteiger partial charge in [0.25, 0.3) is 0 Å². The van der Waals surface area contributed by atoms with Crippen LogP contribution in [0.2, 0.25) is 0 Å². The lowest BCUT2D eigenvalue weighted by atomic mass is 9.96. The van der Waals surface area contributed by atoms with E-state index in [2.05, 4.69) is 48.4 Å². The predicted octanol–water partition coefficient (Wildman–Crippen LogP) is 3.58. The molecule has 3 heteroatoms. The predicted molar refractivity (Wildman–Crippen MR) is 81.6 cm³/mol. The summed E-state index contributed by atoms with van der Waals surface area (Å²) in [5.41, 5.74) is 2.39. The molecule has 0 fully saturated rings. The number of ether oxygens (including phenoxy) is 1. The summed E-state index contributed by atoms with van der Waals surface area (Å²) in [7, 11) is 1.66. The van der Waals surface area contributed by atoms with Crippen LogP contribution in [-0.4, -0.2) is 12.1 Å². The number of nitrogens with zero attached hydrogens (tertiary/aromatic N) is 1. The Labute approximate surface area is 121 Å². The van der Waals surface area contributed by atoms with Gasteiger partial charge in [-0.05, 0) is 17.5 Å². The minimum atomic E-state index is 0.320. The number of aromatic nitrogens is 1. The molecule has 0 aliphatic heterocycles. The van der Waals surface area contributed by atoms with E-state index in [0.29, 0.717) is 17.8 Å². The molecular weight excluding hydrogens is 248 g/mol. The first-order valence-corrected chi connectivity index (χ1v) is 6.98. The number of benzene rings is 1. The Balaban J connectivity index is 2.10. The molecule has 106 valence electrons. The second-order valence-corrected chi connectivity index (χ2v) is 5.19. The zero-order chi connectivity index (χ0) is 14.4. The van der Waals surface area contributed by atoms with Gasteiger partial charge in [0, 0.05) is 24.3 Å². The minimum Gasteiger partial charge on any atom is -0.481 e. The van der Waals surface area contributed by atoms with Gasteiger partial charge in [-0.15, -0.1) is 0 Å². The van der Waals surface area contributed by atoms with Crippen molar-refractivity contribution in [1.82, 2.24) is 10.3 Å². The number of methoxy groups -OCH3 is 1. The summed E-state index contributed by atoms with van der Waals surface area (Å²) < 4.78 is 5.29. The first kappa shape index (κ1) is 14.5. The van der Waals surface area contributed by atoms with Crippen LogP contribution in [0.3, 0.4) is 0 Å². The van der Waals surface area contributed by atoms with Gasteiger partial charge in [0.1, 0.15) is 0 Å². The third-order valence-corrected chi connectivity index (χ3v) is 3.38. The molecule has 0 saturated carbocycles. The number of rotatable bonds is 6. The topological polar surface area (TPSA) is 34.1 Å². The highest BCUT2D eigenvalue weighted by Crippen LogP contribution is 2.23. The van der Waals surface area contributed by atoms with Gasteiger partial charge in [-0.25, -0.2) is 4.98 Å². The van der Waals surface area contributed by atoms with Gasteiger partial charge in [-0.3, -0.25) is 0 Å². The van der Waals surface area contributed by atoms with Crippen LogP contribution in [0.25, 0.3) is 0 Å². The van der Waals surface area contributed by atoms with Crippen LogP contribution in [0.1, 0.15) is 31.0 Å². The van der Waals surface area contributed by atoms with Crippen molar-refractivity contribution in [3.63, 3.8) is 0 Å². The van der Waals surface area contributed by atoms with Crippen molar-refractivity contribution in [2.24, 2.45) is 5.92 Å². The van der Waals surface area contributed by atoms with E-state index in [1.165, 1.54) is 5.56 Å². The van der Waals surface area contributed by atoms with Gasteiger partial charge >= 0.3 is 0 Å². The van der Waals surface area contributed by atoms with Crippen molar-refractivity contribution in [3.8, 4) is 5.88 Å². The van der Waals surface area contributed by atoms with E-state index in [0.717, 1.165) is 12.1 Å². The highest BCUT2D eigenvalue weighted by molar-refractivity contribution is 5.26. The summed E-state index contributed by atoms with van der Waals surface area (Å²) in [6.07, 6.45) is 1.75. The molecule has 0 saturated heterocycles. The maximum Gasteiger partial charge on any atom is 0.217 e. The Kier molecular flexibility index (Phi) is 5.13. The molecule has 0 amide bonds. The molecule has 20 heavy (non-hydrogen) atoms. The molecule has 2 aromatic rings. The maximum atomic E-state index is 5.29. The van der Waals surface area contributed by atoms with Gasteiger partial charge < -0.3 is 10.1 Å². The van der Waals surface area contributed by atoms with Gasteiger partial charge in [0.15, 0.2) is 0 Å². The van der Waals surface area contributed by atoms with Crippen LogP contribution in [0.4, 0.5) is 0 Å². The molecule has 1 N–H and O–H groups in total. The molecule has 1 aromatic carbocycles. The van der Waals surface area contributed by atoms with Crippen molar-refractivity contribution in [3.05, 3.63) is 59.8 Å². The van der Waals surface area contributed by atoms with Crippen molar-refractivity contribution >= 4 is 0 Å². The van der Waals surface area contributed by atoms with E-state index in [-0.39, 0.29) is 0 Å². The highest BCUT2D eigenvalue weighted by atomic mass is 16.5. The number of nitrogens with one attached hydrogen (secondary N) is 1. The van der Waals surface area contributed by atoms with Crippen molar-refractivity contribution < 1.29 is 4.74 Å². The Morgan fingerprint density at radius 3 is 2.50 bits per heavy atom. The Bertz CT molecular complexity index is 526. The van der Waals surface area contributed by atoms with Crippen LogP contribution in [0, 0.1) is 5.92 Å². The van der Waals surface area contributed by atoms with Crippen LogP contribution < -0.4 is 10.1 Å². The van der Waals surface area contributed by atoms with Crippen molar-refractivity contribution in [2.75, 3.05) is 7.11 Å². The molecule has 2 rings (SSSR count). The molecule has 1 unspecified atom stereocenters. The van der Waals surface area contributed by atoms with E-state index in [9.17, 15) is 0 Å². The fraction of sp³-hybridized carbons (Fsp3) is 0.353. The maximum absolute atomic E-state index is 5.29. The monoisotopic (exact) mass is 270 g/mol. The van der Waals surface area contributed by atoms with Gasteiger partial charge in [0.2, 0.25) is 5.88 Å². The lowest BCUT2D eigenvalue weighted by molar-refractivity contribution is 0.377. The largest absolute Gasteiger partial charge is 0.481 e. The van der Waals surface area contributed by atoms with Crippen molar-refractivity contribution in [2.45, 2.75) is 26.4 Å². The summed E-state index contributed by atoms with van der Waals surface area (Å²) in [5, 5.41) is 3.61. The smallest absolute Gasteiger partial charge is 0.217 e. The summed E-state index contributed by atoms with van der Waals surface area (Å²) in [5.74, 6) is 1.20. The summed E-state index contributed by atoms with van der Waals surface area (Å²) in [6.45, 7) is 5.20. The Morgan fingerprint density at radius 2 is 1.85 bits per heavy atom. The number of pyridine rings is 1. The average molecular weight is 270 g/mol. The highest BCUT2D eigenvalue weighted by Gasteiger charge is 2.15. The van der Waals surface area contributed by atoms with E-state index >= 15 is 0 Å². The second-order valence-electron chi connectivity index (χ2n) is 5.19. The molecule has 0 aliphatic rings. The van der Waals surface area contributed by atoms with Gasteiger partial charge in [0.05, 0.1) is 7.11 Å². The van der Waals surface area contributed by atoms with E-state index in [1.807, 2.05) is 18.2 Å².